The van der Waals surface area contributed by atoms with Crippen LogP contribution in [0.3, 0.4) is 0 Å². The van der Waals surface area contributed by atoms with Crippen LogP contribution in [0.15, 0.2) is 47.5 Å². The van der Waals surface area contributed by atoms with Gasteiger partial charge in [-0.3, -0.25) is 19.2 Å². The smallest absolute Gasteiger partial charge is 0.312 e. The Bertz CT molecular complexity index is 1440. The van der Waals surface area contributed by atoms with Crippen molar-refractivity contribution < 1.29 is 35.9 Å². The Kier molecular flexibility index (Phi) is 6.76. The Hall–Kier alpha value is -3.32. The first-order valence-corrected chi connectivity index (χ1v) is 12.4. The molecule has 5 rings (SSSR count). The summed E-state index contributed by atoms with van der Waals surface area (Å²) in [6, 6.07) is 6.50. The molecule has 2 saturated heterocycles. The van der Waals surface area contributed by atoms with Crippen molar-refractivity contribution in [2.75, 3.05) is 13.1 Å². The molecule has 2 fully saturated rings. The molecule has 0 bridgehead atoms. The van der Waals surface area contributed by atoms with Crippen LogP contribution in [-0.2, 0) is 23.7 Å². The van der Waals surface area contributed by atoms with Gasteiger partial charge in [0, 0.05) is 18.0 Å². The molecule has 200 valence electrons. The molecule has 1 N–H and O–H groups in total. The van der Waals surface area contributed by atoms with Gasteiger partial charge in [0.1, 0.15) is 0 Å². The van der Waals surface area contributed by atoms with Crippen LogP contribution in [0.1, 0.15) is 35.1 Å². The maximum Gasteiger partial charge on any atom is 0.416 e. The zero-order chi connectivity index (χ0) is 27.2. The predicted molar refractivity (Wildman–Crippen MR) is 129 cm³/mol. The van der Waals surface area contributed by atoms with Gasteiger partial charge in [0.05, 0.1) is 34.3 Å². The van der Waals surface area contributed by atoms with Gasteiger partial charge in [-0.05, 0) is 72.6 Å². The average Bonchev–Trinajstić information content (AvgIpc) is 3.55. The van der Waals surface area contributed by atoms with Crippen molar-refractivity contribution in [1.29, 1.82) is 0 Å². The summed E-state index contributed by atoms with van der Waals surface area (Å²) in [7, 11) is 0. The van der Waals surface area contributed by atoms with Gasteiger partial charge >= 0.3 is 12.4 Å². The van der Waals surface area contributed by atoms with Crippen LogP contribution >= 0.6 is 11.8 Å². The van der Waals surface area contributed by atoms with Gasteiger partial charge in [-0.15, -0.1) is 0 Å². The molecule has 0 spiro atoms. The molecule has 2 aliphatic rings. The summed E-state index contributed by atoms with van der Waals surface area (Å²) < 4.78 is 80.8. The zero-order valence-corrected chi connectivity index (χ0v) is 20.4. The SMILES string of the molecule is O=C1SC(=Cc2ccc3c(cnn3Cc3ccc(C(F)(F)F)cc3C(F)(F)F)c2)C(=O)N1CC1CCCN1. The van der Waals surface area contributed by atoms with E-state index in [1.54, 1.807) is 24.3 Å². The molecule has 1 atom stereocenters. The van der Waals surface area contributed by atoms with Crippen molar-refractivity contribution in [2.24, 2.45) is 0 Å². The number of benzene rings is 2. The van der Waals surface area contributed by atoms with Gasteiger partial charge in [0.2, 0.25) is 0 Å². The van der Waals surface area contributed by atoms with Crippen LogP contribution in [0.5, 0.6) is 0 Å². The third-order valence-electron chi connectivity index (χ3n) is 6.47. The standard InChI is InChI=1S/C25H20F6N4O2S/c26-24(27,28)17-5-4-15(19(10-17)25(29,30)31)12-35-20-6-3-14(8-16(20)11-33-35)9-21-22(36)34(23(37)38-21)13-18-2-1-7-32-18/h3-6,8-11,18,32H,1-2,7,12-13H2. The highest BCUT2D eigenvalue weighted by Gasteiger charge is 2.39. The van der Waals surface area contributed by atoms with E-state index in [9.17, 15) is 35.9 Å². The average molecular weight is 555 g/mol. The number of rotatable bonds is 5. The predicted octanol–water partition coefficient (Wildman–Crippen LogP) is 5.91. The number of hydrogen-bond donors (Lipinski definition) is 1. The van der Waals surface area contributed by atoms with E-state index in [1.807, 2.05) is 0 Å². The molecule has 6 nitrogen and oxygen atoms in total. The second-order valence-corrected chi connectivity index (χ2v) is 10.1. The fraction of sp³-hybridized carbons (Fsp3) is 0.320. The number of thioether (sulfide) groups is 1. The number of aromatic nitrogens is 2. The molecule has 3 heterocycles. The number of halogens is 6. The molecule has 0 saturated carbocycles. The molecule has 1 unspecified atom stereocenters. The number of alkyl halides is 6. The van der Waals surface area contributed by atoms with E-state index in [0.717, 1.165) is 37.2 Å². The summed E-state index contributed by atoms with van der Waals surface area (Å²) in [4.78, 5) is 26.7. The molecular weight excluding hydrogens is 534 g/mol. The van der Waals surface area contributed by atoms with E-state index in [-0.39, 0.29) is 33.7 Å². The van der Waals surface area contributed by atoms with Crippen LogP contribution in [0.4, 0.5) is 31.1 Å². The van der Waals surface area contributed by atoms with Crippen LogP contribution < -0.4 is 5.32 Å². The minimum atomic E-state index is -4.98. The van der Waals surface area contributed by atoms with Crippen molar-refractivity contribution >= 4 is 39.9 Å². The van der Waals surface area contributed by atoms with Gasteiger partial charge < -0.3 is 5.32 Å². The maximum absolute atomic E-state index is 13.5. The zero-order valence-electron chi connectivity index (χ0n) is 19.6. The minimum Gasteiger partial charge on any atom is -0.312 e. The lowest BCUT2D eigenvalue weighted by Crippen LogP contribution is -2.39. The maximum atomic E-state index is 13.5. The Morgan fingerprint density at radius 2 is 1.84 bits per heavy atom. The number of imide groups is 1. The molecule has 3 aromatic rings. The summed E-state index contributed by atoms with van der Waals surface area (Å²) in [5, 5.41) is 7.58. The number of carbonyl (C=O) groups is 2. The van der Waals surface area contributed by atoms with Crippen molar-refractivity contribution in [1.82, 2.24) is 20.0 Å². The fourth-order valence-electron chi connectivity index (χ4n) is 4.58. The van der Waals surface area contributed by atoms with Crippen LogP contribution in [0, 0.1) is 0 Å². The van der Waals surface area contributed by atoms with E-state index < -0.39 is 30.0 Å². The molecule has 2 amide bonds. The Labute approximate surface area is 216 Å². The third kappa shape index (κ3) is 5.30. The molecule has 38 heavy (non-hydrogen) atoms. The first-order valence-electron chi connectivity index (χ1n) is 11.6. The number of fused-ring (bicyclic) bond motifs is 1. The largest absolute Gasteiger partial charge is 0.416 e. The third-order valence-corrected chi connectivity index (χ3v) is 7.37. The first-order chi connectivity index (χ1) is 17.9. The molecule has 1 aromatic heterocycles. The Morgan fingerprint density at radius 3 is 2.53 bits per heavy atom. The summed E-state index contributed by atoms with van der Waals surface area (Å²) in [5.41, 5.74) is -2.07. The van der Waals surface area contributed by atoms with Crippen LogP contribution in [-0.4, -0.2) is 45.0 Å². The topological polar surface area (TPSA) is 67.2 Å². The molecule has 2 aliphatic heterocycles. The summed E-state index contributed by atoms with van der Waals surface area (Å²) in [6.45, 7) is 0.752. The highest BCUT2D eigenvalue weighted by molar-refractivity contribution is 8.18. The monoisotopic (exact) mass is 554 g/mol. The van der Waals surface area contributed by atoms with Gasteiger partial charge in [0.25, 0.3) is 11.1 Å². The summed E-state index contributed by atoms with van der Waals surface area (Å²) >= 11 is 0.842. The molecule has 2 aromatic carbocycles. The summed E-state index contributed by atoms with van der Waals surface area (Å²) in [5.74, 6) is -0.383. The number of nitrogens with one attached hydrogen (secondary N) is 1. The van der Waals surface area contributed by atoms with Gasteiger partial charge in [-0.1, -0.05) is 12.1 Å². The van der Waals surface area contributed by atoms with Gasteiger partial charge in [-0.25, -0.2) is 0 Å². The van der Waals surface area contributed by atoms with Gasteiger partial charge in [-0.2, -0.15) is 31.4 Å². The van der Waals surface area contributed by atoms with Crippen molar-refractivity contribution in [3.8, 4) is 0 Å². The van der Waals surface area contributed by atoms with E-state index >= 15 is 0 Å². The second-order valence-electron chi connectivity index (χ2n) is 9.07. The molecule has 0 aliphatic carbocycles. The number of carbonyl (C=O) groups excluding carboxylic acids is 2. The number of nitrogens with zero attached hydrogens (tertiary/aromatic N) is 3. The first kappa shape index (κ1) is 26.3. The highest BCUT2D eigenvalue weighted by Crippen LogP contribution is 2.38. The normalized spacial score (nSPS) is 19.9. The highest BCUT2D eigenvalue weighted by atomic mass is 32.2. The van der Waals surface area contributed by atoms with E-state index in [2.05, 4.69) is 10.4 Å². The van der Waals surface area contributed by atoms with Crippen molar-refractivity contribution in [3.63, 3.8) is 0 Å². The lowest BCUT2D eigenvalue weighted by Gasteiger charge is -2.17. The lowest BCUT2D eigenvalue weighted by molar-refractivity contribution is -0.143. The lowest BCUT2D eigenvalue weighted by atomic mass is 10.0. The van der Waals surface area contributed by atoms with E-state index in [0.29, 0.717) is 29.1 Å². The number of hydrogen-bond acceptors (Lipinski definition) is 5. The van der Waals surface area contributed by atoms with Crippen molar-refractivity contribution in [3.05, 3.63) is 69.8 Å². The molecule has 0 radical (unpaired) electrons. The Morgan fingerprint density at radius 1 is 1.05 bits per heavy atom. The van der Waals surface area contributed by atoms with E-state index in [4.69, 9.17) is 0 Å². The quantitative estimate of drug-likeness (QED) is 0.314. The van der Waals surface area contributed by atoms with Crippen LogP contribution in [0.25, 0.3) is 17.0 Å². The Balaban J connectivity index is 1.38. The van der Waals surface area contributed by atoms with Crippen LogP contribution in [0.2, 0.25) is 0 Å². The number of amides is 2. The second kappa shape index (κ2) is 9.77. The van der Waals surface area contributed by atoms with E-state index in [1.165, 1.54) is 15.8 Å². The fourth-order valence-corrected chi connectivity index (χ4v) is 5.43. The molecule has 13 heteroatoms. The van der Waals surface area contributed by atoms with Crippen molar-refractivity contribution in [2.45, 2.75) is 37.8 Å². The van der Waals surface area contributed by atoms with Gasteiger partial charge in [0.15, 0.2) is 0 Å². The summed E-state index contributed by atoms with van der Waals surface area (Å²) in [6.07, 6.45) is -5.03. The minimum absolute atomic E-state index is 0.0765. The molecular formula is C25H20F6N4O2S.